The lowest BCUT2D eigenvalue weighted by Gasteiger charge is -2.20. The van der Waals surface area contributed by atoms with Gasteiger partial charge in [-0.25, -0.2) is 4.79 Å². The largest absolute Gasteiger partial charge is 0.488 e. The Kier molecular flexibility index (Phi) is 4.37. The monoisotopic (exact) mass is 258 g/mol. The summed E-state index contributed by atoms with van der Waals surface area (Å²) in [5.74, 6) is -0.322. The van der Waals surface area contributed by atoms with Crippen LogP contribution in [-0.2, 0) is 9.53 Å². The van der Waals surface area contributed by atoms with Crippen molar-refractivity contribution >= 4 is 17.6 Å². The van der Waals surface area contributed by atoms with Crippen LogP contribution in [0.15, 0.2) is 18.2 Å². The molecule has 0 saturated carbocycles. The highest BCUT2D eigenvalue weighted by Gasteiger charge is 2.32. The maximum Gasteiger partial charge on any atom is 0.341 e. The van der Waals surface area contributed by atoms with Crippen LogP contribution in [0.5, 0.6) is 5.75 Å². The number of halogens is 1. The molecule has 1 aromatic carbocycles. The molecule has 0 spiro atoms. The van der Waals surface area contributed by atoms with E-state index < -0.39 is 11.6 Å². The molecular formula is C12H15ClO4. The summed E-state index contributed by atoms with van der Waals surface area (Å²) in [6.07, 6.45) is 0. The van der Waals surface area contributed by atoms with Crippen molar-refractivity contribution in [3.05, 3.63) is 28.8 Å². The average Bonchev–Trinajstić information content (AvgIpc) is 2.29. The fourth-order valence-electron chi connectivity index (χ4n) is 1.22. The van der Waals surface area contributed by atoms with Gasteiger partial charge in [0.2, 0.25) is 0 Å². The number of esters is 1. The zero-order chi connectivity index (χ0) is 13.1. The molecule has 0 radical (unpaired) electrons. The number of hydrogen-bond acceptors (Lipinski definition) is 4. The Bertz CT molecular complexity index is 415. The van der Waals surface area contributed by atoms with Gasteiger partial charge >= 0.3 is 5.97 Å². The molecule has 0 heterocycles. The van der Waals surface area contributed by atoms with E-state index in [2.05, 4.69) is 4.74 Å². The summed E-state index contributed by atoms with van der Waals surface area (Å²) in [6, 6.07) is 5.27. The average molecular weight is 259 g/mol. The van der Waals surface area contributed by atoms with Crippen LogP contribution < -0.4 is 4.74 Å². The first-order valence-electron chi connectivity index (χ1n) is 5.06. The second kappa shape index (κ2) is 5.38. The number of rotatable bonds is 4. The molecular weight excluding hydrogens is 244 g/mol. The highest BCUT2D eigenvalue weighted by molar-refractivity contribution is 6.32. The molecule has 0 amide bonds. The van der Waals surface area contributed by atoms with Crippen LogP contribution in [0, 0.1) is 6.92 Å². The van der Waals surface area contributed by atoms with Crippen molar-refractivity contribution in [2.24, 2.45) is 0 Å². The maximum absolute atomic E-state index is 11.2. The van der Waals surface area contributed by atoms with Crippen molar-refractivity contribution < 1.29 is 19.4 Å². The second-order valence-electron chi connectivity index (χ2n) is 3.99. The van der Waals surface area contributed by atoms with Gasteiger partial charge in [-0.2, -0.15) is 0 Å². The van der Waals surface area contributed by atoms with Gasteiger partial charge in [0.05, 0.1) is 12.1 Å². The van der Waals surface area contributed by atoms with Crippen LogP contribution in [0.1, 0.15) is 12.5 Å². The molecule has 0 aromatic heterocycles. The van der Waals surface area contributed by atoms with Gasteiger partial charge in [-0.05, 0) is 31.5 Å². The molecule has 0 fully saturated rings. The van der Waals surface area contributed by atoms with Gasteiger partial charge in [0, 0.05) is 0 Å². The van der Waals surface area contributed by atoms with Crippen LogP contribution >= 0.6 is 11.6 Å². The third kappa shape index (κ3) is 3.61. The fraction of sp³-hybridized carbons (Fsp3) is 0.417. The third-order valence-electron chi connectivity index (χ3n) is 2.22. The molecule has 1 atom stereocenters. The fourth-order valence-corrected chi connectivity index (χ4v) is 1.39. The molecule has 5 heteroatoms. The van der Waals surface area contributed by atoms with Gasteiger partial charge in [0.25, 0.3) is 0 Å². The Morgan fingerprint density at radius 3 is 2.76 bits per heavy atom. The normalized spacial score (nSPS) is 13.9. The highest BCUT2D eigenvalue weighted by atomic mass is 35.5. The van der Waals surface area contributed by atoms with Gasteiger partial charge in [-0.15, -0.1) is 0 Å². The molecule has 0 aliphatic rings. The number of aliphatic hydroxyl groups is 1. The van der Waals surface area contributed by atoms with Crippen molar-refractivity contribution in [2.75, 3.05) is 13.7 Å². The van der Waals surface area contributed by atoms with E-state index in [-0.39, 0.29) is 6.61 Å². The SMILES string of the molecule is COC(=O)C(C)(O)COc1cc(C)ccc1Cl. The molecule has 1 aromatic rings. The standard InChI is InChI=1S/C12H15ClO4/c1-8-4-5-9(13)10(6-8)17-7-12(2,15)11(14)16-3/h4-6,15H,7H2,1-3H3. The first kappa shape index (κ1) is 13.8. The molecule has 1 N–H and O–H groups in total. The van der Waals surface area contributed by atoms with Crippen LogP contribution in [0.3, 0.4) is 0 Å². The van der Waals surface area contributed by atoms with E-state index in [1.807, 2.05) is 13.0 Å². The molecule has 94 valence electrons. The molecule has 0 saturated heterocycles. The second-order valence-corrected chi connectivity index (χ2v) is 4.40. The minimum Gasteiger partial charge on any atom is -0.488 e. The highest BCUT2D eigenvalue weighted by Crippen LogP contribution is 2.26. The van der Waals surface area contributed by atoms with Gasteiger partial charge in [-0.1, -0.05) is 17.7 Å². The van der Waals surface area contributed by atoms with Crippen LogP contribution in [-0.4, -0.2) is 30.4 Å². The first-order chi connectivity index (χ1) is 7.86. The van der Waals surface area contributed by atoms with E-state index in [1.54, 1.807) is 12.1 Å². The van der Waals surface area contributed by atoms with Gasteiger partial charge < -0.3 is 14.6 Å². The number of ether oxygens (including phenoxy) is 2. The smallest absolute Gasteiger partial charge is 0.341 e. The predicted molar refractivity (Wildman–Crippen MR) is 64.3 cm³/mol. The summed E-state index contributed by atoms with van der Waals surface area (Å²) in [6.45, 7) is 2.99. The molecule has 0 aliphatic heterocycles. The van der Waals surface area contributed by atoms with Crippen molar-refractivity contribution in [2.45, 2.75) is 19.4 Å². The topological polar surface area (TPSA) is 55.8 Å². The Morgan fingerprint density at radius 1 is 1.53 bits per heavy atom. The van der Waals surface area contributed by atoms with Gasteiger partial charge in [0.1, 0.15) is 12.4 Å². The Morgan fingerprint density at radius 2 is 2.18 bits per heavy atom. The van der Waals surface area contributed by atoms with Crippen LogP contribution in [0.25, 0.3) is 0 Å². The van der Waals surface area contributed by atoms with E-state index in [9.17, 15) is 9.90 Å². The molecule has 0 bridgehead atoms. The quantitative estimate of drug-likeness (QED) is 0.839. The van der Waals surface area contributed by atoms with Crippen molar-refractivity contribution in [3.8, 4) is 5.75 Å². The zero-order valence-electron chi connectivity index (χ0n) is 9.99. The lowest BCUT2D eigenvalue weighted by molar-refractivity contribution is -0.163. The number of aryl methyl sites for hydroxylation is 1. The van der Waals surface area contributed by atoms with E-state index in [1.165, 1.54) is 14.0 Å². The summed E-state index contributed by atoms with van der Waals surface area (Å²) in [5.41, 5.74) is -0.718. The van der Waals surface area contributed by atoms with Gasteiger partial charge in [-0.3, -0.25) is 0 Å². The summed E-state index contributed by atoms with van der Waals surface area (Å²) >= 11 is 5.92. The number of hydrogen-bond donors (Lipinski definition) is 1. The van der Waals surface area contributed by atoms with E-state index in [0.29, 0.717) is 10.8 Å². The van der Waals surface area contributed by atoms with E-state index >= 15 is 0 Å². The number of carbonyl (C=O) groups excluding carboxylic acids is 1. The summed E-state index contributed by atoms with van der Waals surface area (Å²) in [4.78, 5) is 11.2. The summed E-state index contributed by atoms with van der Waals surface area (Å²) in [7, 11) is 1.20. The van der Waals surface area contributed by atoms with Crippen molar-refractivity contribution in [3.63, 3.8) is 0 Å². The minimum atomic E-state index is -1.69. The third-order valence-corrected chi connectivity index (χ3v) is 2.53. The Labute approximate surface area is 105 Å². The summed E-state index contributed by atoms with van der Waals surface area (Å²) < 4.78 is 9.78. The number of benzene rings is 1. The zero-order valence-corrected chi connectivity index (χ0v) is 10.7. The maximum atomic E-state index is 11.2. The van der Waals surface area contributed by atoms with E-state index in [0.717, 1.165) is 5.56 Å². The van der Waals surface area contributed by atoms with Gasteiger partial charge in [0.15, 0.2) is 5.60 Å². The molecule has 1 rings (SSSR count). The number of methoxy groups -OCH3 is 1. The van der Waals surface area contributed by atoms with E-state index in [4.69, 9.17) is 16.3 Å². The molecule has 4 nitrogen and oxygen atoms in total. The molecule has 0 aliphatic carbocycles. The first-order valence-corrected chi connectivity index (χ1v) is 5.44. The lowest BCUT2D eigenvalue weighted by Crippen LogP contribution is -2.42. The molecule has 17 heavy (non-hydrogen) atoms. The predicted octanol–water partition coefficient (Wildman–Crippen LogP) is 1.95. The van der Waals surface area contributed by atoms with Crippen LogP contribution in [0.4, 0.5) is 0 Å². The number of carbonyl (C=O) groups is 1. The minimum absolute atomic E-state index is 0.219. The van der Waals surface area contributed by atoms with Crippen molar-refractivity contribution in [1.29, 1.82) is 0 Å². The lowest BCUT2D eigenvalue weighted by atomic mass is 10.1. The van der Waals surface area contributed by atoms with Crippen LogP contribution in [0.2, 0.25) is 5.02 Å². The van der Waals surface area contributed by atoms with Crippen molar-refractivity contribution in [1.82, 2.24) is 0 Å². The Hall–Kier alpha value is -1.26. The Balaban J connectivity index is 2.73. The molecule has 1 unspecified atom stereocenters. The summed E-state index contributed by atoms with van der Waals surface area (Å²) in [5, 5.41) is 10.2.